The van der Waals surface area contributed by atoms with E-state index in [-0.39, 0.29) is 11.7 Å². The van der Waals surface area contributed by atoms with Crippen LogP contribution in [0, 0.1) is 6.92 Å². The average Bonchev–Trinajstić information content (AvgIpc) is 3.49. The van der Waals surface area contributed by atoms with Gasteiger partial charge >= 0.3 is 0 Å². The van der Waals surface area contributed by atoms with Crippen molar-refractivity contribution in [3.8, 4) is 22.8 Å². The van der Waals surface area contributed by atoms with E-state index in [2.05, 4.69) is 20.2 Å². The number of aryl methyl sites for hydroxylation is 1. The third-order valence-corrected chi connectivity index (χ3v) is 5.55. The zero-order chi connectivity index (χ0) is 21.8. The lowest BCUT2D eigenvalue weighted by molar-refractivity contribution is 0.0991. The Hall–Kier alpha value is -4.53. The van der Waals surface area contributed by atoms with Crippen LogP contribution < -0.4 is 4.90 Å². The molecule has 0 atom stereocenters. The molecule has 9 nitrogen and oxygen atoms in total. The number of fused-ring (bicyclic) bond motifs is 2. The van der Waals surface area contributed by atoms with E-state index in [0.29, 0.717) is 23.7 Å². The number of carbonyl (C=O) groups excluding carboxylic acids is 1. The minimum Gasteiger partial charge on any atom is -0.508 e. The van der Waals surface area contributed by atoms with E-state index < -0.39 is 0 Å². The molecule has 0 saturated carbocycles. The van der Waals surface area contributed by atoms with Gasteiger partial charge in [-0.1, -0.05) is 6.07 Å². The molecule has 4 aromatic heterocycles. The summed E-state index contributed by atoms with van der Waals surface area (Å²) < 4.78 is 3.42. The third kappa shape index (κ3) is 2.75. The molecule has 0 spiro atoms. The molecule has 0 fully saturated rings. The topological polar surface area (TPSA) is 101 Å². The minimum atomic E-state index is -0.194. The van der Waals surface area contributed by atoms with Crippen LogP contribution in [0.3, 0.4) is 0 Å². The Morgan fingerprint density at radius 2 is 1.88 bits per heavy atom. The number of hydrogen-bond donors (Lipinski definition) is 1. The summed E-state index contributed by atoms with van der Waals surface area (Å²) in [5.41, 5.74) is 5.11. The highest BCUT2D eigenvalue weighted by Crippen LogP contribution is 2.36. The minimum absolute atomic E-state index is 0.149. The summed E-state index contributed by atoms with van der Waals surface area (Å²) in [5.74, 6) is 0.591. The second kappa shape index (κ2) is 6.74. The highest BCUT2D eigenvalue weighted by Gasteiger charge is 2.36. The van der Waals surface area contributed by atoms with Crippen LogP contribution in [0.4, 0.5) is 5.69 Å². The van der Waals surface area contributed by atoms with Crippen molar-refractivity contribution >= 4 is 17.2 Å². The van der Waals surface area contributed by atoms with Crippen LogP contribution in [-0.2, 0) is 6.54 Å². The number of phenolic OH excluding ortho intramolecular Hbond substituents is 1. The first kappa shape index (κ1) is 18.3. The maximum Gasteiger partial charge on any atom is 0.279 e. The predicted octanol–water partition coefficient (Wildman–Crippen LogP) is 3.15. The van der Waals surface area contributed by atoms with Gasteiger partial charge in [0.1, 0.15) is 12.1 Å². The molecule has 1 amide bonds. The van der Waals surface area contributed by atoms with Gasteiger partial charge in [-0.25, -0.2) is 19.2 Å². The van der Waals surface area contributed by atoms with E-state index in [1.54, 1.807) is 38.4 Å². The van der Waals surface area contributed by atoms with E-state index in [0.717, 1.165) is 28.2 Å². The summed E-state index contributed by atoms with van der Waals surface area (Å²) in [6.45, 7) is 2.27. The maximum absolute atomic E-state index is 13.3. The molecular weight excluding hydrogens is 406 g/mol. The molecule has 5 heterocycles. The second-order valence-corrected chi connectivity index (χ2v) is 7.61. The SMILES string of the molecule is Cc1cccc(-n2nc3c(c2-c2ccc4ncnn4c2)CN(c2ccc(O)cc2)C3=O)n1. The fourth-order valence-electron chi connectivity index (χ4n) is 4.04. The summed E-state index contributed by atoms with van der Waals surface area (Å²) in [6, 6.07) is 16.1. The summed E-state index contributed by atoms with van der Waals surface area (Å²) in [7, 11) is 0. The van der Waals surface area contributed by atoms with Gasteiger partial charge in [-0.05, 0) is 55.5 Å². The Balaban J connectivity index is 1.54. The molecule has 1 aliphatic rings. The van der Waals surface area contributed by atoms with Gasteiger partial charge in [-0.3, -0.25) is 4.79 Å². The summed E-state index contributed by atoms with van der Waals surface area (Å²) >= 11 is 0. The Morgan fingerprint density at radius 3 is 2.69 bits per heavy atom. The van der Waals surface area contributed by atoms with Crippen LogP contribution in [0.1, 0.15) is 21.7 Å². The fraction of sp³-hybridized carbons (Fsp3) is 0.0870. The number of rotatable bonds is 3. The molecule has 0 bridgehead atoms. The van der Waals surface area contributed by atoms with Crippen LogP contribution >= 0.6 is 0 Å². The van der Waals surface area contributed by atoms with Crippen molar-refractivity contribution in [3.05, 3.63) is 84.1 Å². The smallest absolute Gasteiger partial charge is 0.279 e. The van der Waals surface area contributed by atoms with Crippen molar-refractivity contribution in [2.24, 2.45) is 0 Å². The average molecular weight is 423 g/mol. The molecule has 32 heavy (non-hydrogen) atoms. The number of amides is 1. The molecule has 0 aliphatic carbocycles. The van der Waals surface area contributed by atoms with E-state index in [1.165, 1.54) is 6.33 Å². The maximum atomic E-state index is 13.3. The quantitative estimate of drug-likeness (QED) is 0.478. The zero-order valence-corrected chi connectivity index (χ0v) is 17.0. The summed E-state index contributed by atoms with van der Waals surface area (Å²) in [4.78, 5) is 23.8. The van der Waals surface area contributed by atoms with Gasteiger partial charge in [0.15, 0.2) is 17.2 Å². The predicted molar refractivity (Wildman–Crippen MR) is 117 cm³/mol. The number of benzene rings is 1. The molecule has 1 N–H and O–H groups in total. The van der Waals surface area contributed by atoms with Crippen LogP contribution in [0.25, 0.3) is 22.7 Å². The highest BCUT2D eigenvalue weighted by atomic mass is 16.3. The molecule has 5 aromatic rings. The van der Waals surface area contributed by atoms with E-state index in [9.17, 15) is 9.90 Å². The molecule has 0 radical (unpaired) electrons. The first-order valence-electron chi connectivity index (χ1n) is 10.0. The van der Waals surface area contributed by atoms with Gasteiger partial charge in [0, 0.05) is 28.7 Å². The molecule has 6 rings (SSSR count). The lowest BCUT2D eigenvalue weighted by Gasteiger charge is -2.17. The van der Waals surface area contributed by atoms with Crippen molar-refractivity contribution in [2.45, 2.75) is 13.5 Å². The summed E-state index contributed by atoms with van der Waals surface area (Å²) in [6.07, 6.45) is 3.37. The van der Waals surface area contributed by atoms with Crippen molar-refractivity contribution in [1.82, 2.24) is 29.4 Å². The molecule has 1 aliphatic heterocycles. The Morgan fingerprint density at radius 1 is 1.03 bits per heavy atom. The van der Waals surface area contributed by atoms with Crippen LogP contribution in [0.2, 0.25) is 0 Å². The van der Waals surface area contributed by atoms with Crippen molar-refractivity contribution in [3.63, 3.8) is 0 Å². The van der Waals surface area contributed by atoms with Gasteiger partial charge in [0.25, 0.3) is 5.91 Å². The number of aromatic hydroxyl groups is 1. The zero-order valence-electron chi connectivity index (χ0n) is 17.0. The van der Waals surface area contributed by atoms with Crippen molar-refractivity contribution in [1.29, 1.82) is 0 Å². The molecule has 1 aromatic carbocycles. The number of anilines is 1. The number of carbonyl (C=O) groups is 1. The highest BCUT2D eigenvalue weighted by molar-refractivity contribution is 6.10. The Bertz CT molecular complexity index is 1500. The van der Waals surface area contributed by atoms with Gasteiger partial charge in [0.05, 0.1) is 12.2 Å². The molecule has 0 saturated heterocycles. The second-order valence-electron chi connectivity index (χ2n) is 7.61. The monoisotopic (exact) mass is 423 g/mol. The number of aromatic nitrogens is 6. The standard InChI is InChI=1S/C23H17N7O2/c1-14-3-2-4-20(26-14)30-22(15-5-10-19-24-13-25-29(19)11-15)18-12-28(23(32)21(18)27-30)16-6-8-17(31)9-7-16/h2-11,13,31H,12H2,1H3. The molecular formula is C23H17N7O2. The van der Waals surface area contributed by atoms with Crippen LogP contribution in [0.15, 0.2) is 67.1 Å². The van der Waals surface area contributed by atoms with E-state index in [1.807, 2.05) is 43.5 Å². The fourth-order valence-corrected chi connectivity index (χ4v) is 4.04. The molecule has 156 valence electrons. The van der Waals surface area contributed by atoms with Crippen LogP contribution in [-0.4, -0.2) is 40.4 Å². The van der Waals surface area contributed by atoms with Gasteiger partial charge in [0.2, 0.25) is 0 Å². The lowest BCUT2D eigenvalue weighted by atomic mass is 10.1. The number of pyridine rings is 2. The third-order valence-electron chi connectivity index (χ3n) is 5.55. The van der Waals surface area contributed by atoms with Crippen molar-refractivity contribution in [2.75, 3.05) is 4.90 Å². The Kier molecular flexibility index (Phi) is 3.85. The first-order valence-corrected chi connectivity index (χ1v) is 10.0. The number of hydrogen-bond acceptors (Lipinski definition) is 6. The normalized spacial score (nSPS) is 13.2. The number of nitrogens with zero attached hydrogens (tertiary/aromatic N) is 7. The molecule has 0 unspecified atom stereocenters. The van der Waals surface area contributed by atoms with E-state index in [4.69, 9.17) is 0 Å². The largest absolute Gasteiger partial charge is 0.508 e. The number of phenols is 1. The van der Waals surface area contributed by atoms with Crippen molar-refractivity contribution < 1.29 is 9.90 Å². The van der Waals surface area contributed by atoms with Gasteiger partial charge in [-0.2, -0.15) is 10.2 Å². The van der Waals surface area contributed by atoms with Gasteiger partial charge in [-0.15, -0.1) is 0 Å². The first-order chi connectivity index (χ1) is 15.6. The Labute approximate surface area is 182 Å². The van der Waals surface area contributed by atoms with Crippen LogP contribution in [0.5, 0.6) is 5.75 Å². The van der Waals surface area contributed by atoms with Gasteiger partial charge < -0.3 is 10.0 Å². The lowest BCUT2D eigenvalue weighted by Crippen LogP contribution is -2.24. The van der Waals surface area contributed by atoms with E-state index >= 15 is 0 Å². The summed E-state index contributed by atoms with van der Waals surface area (Å²) in [5, 5.41) is 18.5. The molecule has 9 heteroatoms.